The van der Waals surface area contributed by atoms with Gasteiger partial charge in [-0.2, -0.15) is 18.3 Å². The summed E-state index contributed by atoms with van der Waals surface area (Å²) in [6.07, 6.45) is -4.44. The fourth-order valence-corrected chi connectivity index (χ4v) is 4.40. The van der Waals surface area contributed by atoms with Crippen LogP contribution in [0.15, 0.2) is 42.5 Å². The fourth-order valence-electron chi connectivity index (χ4n) is 3.16. The monoisotopic (exact) mass is 555 g/mol. The van der Waals surface area contributed by atoms with Gasteiger partial charge in [-0.25, -0.2) is 13.8 Å². The third kappa shape index (κ3) is 5.94. The number of thiazole rings is 1. The molecule has 0 bridgehead atoms. The Morgan fingerprint density at radius 3 is 2.41 bits per heavy atom. The Hall–Kier alpha value is -3.84. The van der Waals surface area contributed by atoms with Crippen LogP contribution in [0.1, 0.15) is 37.0 Å². The predicted molar refractivity (Wildman–Crippen MR) is 126 cm³/mol. The summed E-state index contributed by atoms with van der Waals surface area (Å²) in [6.45, 7) is 1.78. The van der Waals surface area contributed by atoms with Gasteiger partial charge in [0.1, 0.15) is 10.8 Å². The Kier molecular flexibility index (Phi) is 7.28. The normalized spacial score (nSPS) is 11.4. The number of rotatable bonds is 6. The number of halogens is 6. The van der Waals surface area contributed by atoms with Crippen molar-refractivity contribution in [1.29, 1.82) is 0 Å². The largest absolute Gasteiger partial charge is 0.416 e. The molecule has 7 nitrogen and oxygen atoms in total. The summed E-state index contributed by atoms with van der Waals surface area (Å²) in [6, 6.07) is 7.15. The van der Waals surface area contributed by atoms with E-state index >= 15 is 0 Å². The van der Waals surface area contributed by atoms with Gasteiger partial charge in [0.05, 0.1) is 28.4 Å². The average molecular weight is 556 g/mol. The predicted octanol–water partition coefficient (Wildman–Crippen LogP) is 5.97. The molecule has 3 N–H and O–H groups in total. The van der Waals surface area contributed by atoms with Crippen LogP contribution in [-0.4, -0.2) is 27.0 Å². The van der Waals surface area contributed by atoms with Crippen LogP contribution in [0.2, 0.25) is 5.02 Å². The van der Waals surface area contributed by atoms with Crippen molar-refractivity contribution in [3.05, 3.63) is 86.5 Å². The lowest BCUT2D eigenvalue weighted by atomic mass is 10.1. The zero-order valence-corrected chi connectivity index (χ0v) is 20.2. The molecule has 0 aliphatic rings. The second-order valence-corrected chi connectivity index (χ2v) is 9.14. The highest BCUT2D eigenvalue weighted by molar-refractivity contribution is 7.15. The molecule has 0 aliphatic carbocycles. The van der Waals surface area contributed by atoms with Crippen LogP contribution in [-0.2, 0) is 12.7 Å². The van der Waals surface area contributed by atoms with Crippen molar-refractivity contribution >= 4 is 40.6 Å². The molecule has 192 valence electrons. The molecule has 0 unspecified atom stereocenters. The van der Waals surface area contributed by atoms with Crippen molar-refractivity contribution in [2.45, 2.75) is 19.6 Å². The molecule has 4 aromatic rings. The number of nitrogens with one attached hydrogen (secondary N) is 3. The minimum Gasteiger partial charge on any atom is -0.346 e. The van der Waals surface area contributed by atoms with Crippen molar-refractivity contribution in [2.75, 3.05) is 5.32 Å². The van der Waals surface area contributed by atoms with Gasteiger partial charge in [0.15, 0.2) is 17.3 Å². The molecule has 0 radical (unpaired) electrons. The molecule has 0 aliphatic heterocycles. The summed E-state index contributed by atoms with van der Waals surface area (Å²) >= 11 is 7.01. The number of aryl methyl sites for hydroxylation is 1. The number of amides is 2. The smallest absolute Gasteiger partial charge is 0.346 e. The molecule has 0 fully saturated rings. The lowest BCUT2D eigenvalue weighted by molar-refractivity contribution is -0.137. The molecule has 0 atom stereocenters. The van der Waals surface area contributed by atoms with Crippen molar-refractivity contribution < 1.29 is 31.5 Å². The molecule has 0 saturated heterocycles. The Morgan fingerprint density at radius 1 is 1.05 bits per heavy atom. The Morgan fingerprint density at radius 2 is 1.73 bits per heavy atom. The van der Waals surface area contributed by atoms with E-state index in [0.717, 1.165) is 12.1 Å². The van der Waals surface area contributed by atoms with E-state index in [9.17, 15) is 31.5 Å². The number of carbonyl (C=O) groups is 2. The van der Waals surface area contributed by atoms with Gasteiger partial charge in [0.25, 0.3) is 11.8 Å². The third-order valence-corrected chi connectivity index (χ3v) is 6.59. The minimum absolute atomic E-state index is 0.00881. The Labute approximate surface area is 214 Å². The average Bonchev–Trinajstić information content (AvgIpc) is 3.46. The highest BCUT2D eigenvalue weighted by atomic mass is 35.5. The number of alkyl halides is 3. The van der Waals surface area contributed by atoms with E-state index in [-0.39, 0.29) is 28.6 Å². The summed E-state index contributed by atoms with van der Waals surface area (Å²) < 4.78 is 65.0. The van der Waals surface area contributed by atoms with Crippen LogP contribution in [0.25, 0.3) is 10.6 Å². The maximum absolute atomic E-state index is 13.4. The molecule has 4 rings (SSSR count). The lowest BCUT2D eigenvalue weighted by Gasteiger charge is -2.06. The summed E-state index contributed by atoms with van der Waals surface area (Å²) in [5.41, 5.74) is -0.0481. The second kappa shape index (κ2) is 10.3. The van der Waals surface area contributed by atoms with E-state index in [1.54, 1.807) is 6.92 Å². The zero-order chi connectivity index (χ0) is 26.9. The molecule has 2 amide bonds. The van der Waals surface area contributed by atoms with Gasteiger partial charge in [-0.05, 0) is 31.2 Å². The summed E-state index contributed by atoms with van der Waals surface area (Å²) in [7, 11) is 0. The van der Waals surface area contributed by atoms with E-state index < -0.39 is 35.2 Å². The van der Waals surface area contributed by atoms with Gasteiger partial charge in [-0.3, -0.25) is 14.7 Å². The van der Waals surface area contributed by atoms with E-state index in [1.807, 2.05) is 0 Å². The molecule has 14 heteroatoms. The Bertz CT molecular complexity index is 1480. The summed E-state index contributed by atoms with van der Waals surface area (Å²) in [5, 5.41) is 11.4. The van der Waals surface area contributed by atoms with Crippen molar-refractivity contribution in [1.82, 2.24) is 20.5 Å². The first-order valence-electron chi connectivity index (χ1n) is 10.4. The molecule has 0 spiro atoms. The van der Waals surface area contributed by atoms with Crippen molar-refractivity contribution in [3.63, 3.8) is 0 Å². The van der Waals surface area contributed by atoms with Crippen LogP contribution in [0.4, 0.5) is 27.8 Å². The maximum atomic E-state index is 13.4. The van der Waals surface area contributed by atoms with Gasteiger partial charge in [-0.1, -0.05) is 23.7 Å². The number of carbonyl (C=O) groups excluding carboxylic acids is 2. The summed E-state index contributed by atoms with van der Waals surface area (Å²) in [5.74, 6) is -3.89. The molecular weight excluding hydrogens is 541 g/mol. The van der Waals surface area contributed by atoms with Crippen LogP contribution in [0, 0.1) is 18.6 Å². The number of aromatic amines is 1. The van der Waals surface area contributed by atoms with E-state index in [4.69, 9.17) is 11.6 Å². The van der Waals surface area contributed by atoms with Gasteiger partial charge >= 0.3 is 6.18 Å². The first kappa shape index (κ1) is 26.2. The van der Waals surface area contributed by atoms with Gasteiger partial charge in [-0.15, -0.1) is 11.3 Å². The molecule has 2 aromatic carbocycles. The molecule has 37 heavy (non-hydrogen) atoms. The summed E-state index contributed by atoms with van der Waals surface area (Å²) in [4.78, 5) is 29.9. The molecular formula is C23H15ClF5N5O2S. The van der Waals surface area contributed by atoms with Gasteiger partial charge in [0, 0.05) is 16.5 Å². The van der Waals surface area contributed by atoms with Crippen LogP contribution < -0.4 is 10.6 Å². The minimum atomic E-state index is -4.44. The molecule has 2 aromatic heterocycles. The first-order valence-corrected chi connectivity index (χ1v) is 11.5. The quantitative estimate of drug-likeness (QED) is 0.201. The number of benzene rings is 2. The number of H-pyrrole nitrogens is 1. The number of anilines is 1. The van der Waals surface area contributed by atoms with Crippen molar-refractivity contribution in [2.24, 2.45) is 0 Å². The van der Waals surface area contributed by atoms with E-state index in [1.165, 1.54) is 29.5 Å². The van der Waals surface area contributed by atoms with Crippen LogP contribution in [0.3, 0.4) is 0 Å². The highest BCUT2D eigenvalue weighted by Crippen LogP contribution is 2.33. The second-order valence-electron chi connectivity index (χ2n) is 7.65. The maximum Gasteiger partial charge on any atom is 0.416 e. The number of hydrogen-bond acceptors (Lipinski definition) is 5. The Balaban J connectivity index is 1.38. The fraction of sp³-hybridized carbons (Fsp3) is 0.130. The third-order valence-electron chi connectivity index (χ3n) is 5.07. The lowest BCUT2D eigenvalue weighted by Crippen LogP contribution is -2.23. The standard InChI is InChI=1S/C23H15ClF5N5O2S/c1-10-18(37-22(31-10)11-2-4-12(5-3-11)23(27,28)29)9-30-21(36)17-8-19(34-33-17)32-20(35)13-6-15(25)16(26)7-14(13)24/h2-8H,9H2,1H3,(H,30,36)(H2,32,33,34,35). The first-order chi connectivity index (χ1) is 17.4. The molecule has 2 heterocycles. The number of aromatic nitrogens is 3. The SMILES string of the molecule is Cc1nc(-c2ccc(C(F)(F)F)cc2)sc1CNC(=O)c1cc(NC(=O)c2cc(F)c(F)cc2Cl)[nH]n1. The van der Waals surface area contributed by atoms with Crippen LogP contribution >= 0.6 is 22.9 Å². The number of hydrogen-bond donors (Lipinski definition) is 3. The number of nitrogens with zero attached hydrogens (tertiary/aromatic N) is 2. The highest BCUT2D eigenvalue weighted by Gasteiger charge is 2.30. The topological polar surface area (TPSA) is 99.8 Å². The molecule has 0 saturated carbocycles. The van der Waals surface area contributed by atoms with Crippen LogP contribution in [0.5, 0.6) is 0 Å². The van der Waals surface area contributed by atoms with E-state index in [0.29, 0.717) is 33.3 Å². The van der Waals surface area contributed by atoms with Gasteiger partial charge < -0.3 is 10.6 Å². The van der Waals surface area contributed by atoms with Gasteiger partial charge in [0.2, 0.25) is 0 Å². The van der Waals surface area contributed by atoms with Crippen molar-refractivity contribution in [3.8, 4) is 10.6 Å². The zero-order valence-electron chi connectivity index (χ0n) is 18.6. The van der Waals surface area contributed by atoms with E-state index in [2.05, 4.69) is 25.8 Å².